The van der Waals surface area contributed by atoms with Crippen molar-refractivity contribution in [3.05, 3.63) is 47.9 Å². The van der Waals surface area contributed by atoms with Gasteiger partial charge in [-0.15, -0.1) is 0 Å². The van der Waals surface area contributed by atoms with E-state index in [1.54, 1.807) is 11.2 Å². The van der Waals surface area contributed by atoms with Gasteiger partial charge in [-0.2, -0.15) is 5.10 Å². The van der Waals surface area contributed by atoms with Crippen molar-refractivity contribution >= 4 is 16.9 Å². The van der Waals surface area contributed by atoms with Crippen molar-refractivity contribution < 1.29 is 4.90 Å². The van der Waals surface area contributed by atoms with Crippen molar-refractivity contribution in [2.75, 3.05) is 31.1 Å². The summed E-state index contributed by atoms with van der Waals surface area (Å²) in [4.78, 5) is 13.4. The summed E-state index contributed by atoms with van der Waals surface area (Å²) in [6.07, 6.45) is 9.31. The van der Waals surface area contributed by atoms with Crippen LogP contribution in [0.15, 0.2) is 36.8 Å². The lowest BCUT2D eigenvalue weighted by Crippen LogP contribution is -3.18. The lowest BCUT2D eigenvalue weighted by molar-refractivity contribution is -0.925. The second-order valence-corrected chi connectivity index (χ2v) is 8.35. The maximum atomic E-state index is 4.64. The first-order valence-corrected chi connectivity index (χ1v) is 10.6. The first kappa shape index (κ1) is 17.6. The average molecular weight is 378 g/mol. The fraction of sp³-hybridized carbons (Fsp3) is 0.500. The molecule has 3 heterocycles. The first-order valence-electron chi connectivity index (χ1n) is 10.6. The summed E-state index contributed by atoms with van der Waals surface area (Å²) < 4.78 is 1.99. The molecule has 3 aromatic rings. The van der Waals surface area contributed by atoms with Gasteiger partial charge in [-0.05, 0) is 38.2 Å². The third-order valence-electron chi connectivity index (χ3n) is 6.50. The van der Waals surface area contributed by atoms with E-state index in [1.165, 1.54) is 49.9 Å². The van der Waals surface area contributed by atoms with Crippen LogP contribution in [0.5, 0.6) is 0 Å². The quantitative estimate of drug-likeness (QED) is 0.754. The number of nitrogens with zero attached hydrogens (tertiary/aromatic N) is 5. The van der Waals surface area contributed by atoms with E-state index in [0.717, 1.165) is 42.5 Å². The molecule has 0 radical (unpaired) electrons. The molecule has 1 N–H and O–H groups in total. The number of quaternary nitrogens is 1. The average Bonchev–Trinajstić information content (AvgIpc) is 3.40. The maximum absolute atomic E-state index is 4.64. The number of nitrogens with one attached hydrogen (secondary N) is 1. The van der Waals surface area contributed by atoms with Gasteiger partial charge in [0.25, 0.3) is 0 Å². The van der Waals surface area contributed by atoms with Crippen molar-refractivity contribution in [3.8, 4) is 0 Å². The molecule has 1 aromatic carbocycles. The molecule has 146 valence electrons. The highest BCUT2D eigenvalue weighted by molar-refractivity contribution is 5.86. The number of hydrogen-bond acceptors (Lipinski definition) is 4. The number of hydrogen-bond donors (Lipinski definition) is 1. The maximum Gasteiger partial charge on any atom is 0.163 e. The standard InChI is InChI=1S/C22H28N6/c1-17-6-8-18(9-7-17)15-28-22-20(14-25-28)21(23-16-24-22)27-12-10-26(11-13-27)19-4-2-3-5-19/h6-9,14,16,19H,2-5,10-13,15H2,1H3/p+1. The predicted molar refractivity (Wildman–Crippen MR) is 111 cm³/mol. The van der Waals surface area contributed by atoms with Crippen LogP contribution in [0.4, 0.5) is 5.82 Å². The zero-order valence-electron chi connectivity index (χ0n) is 16.6. The molecule has 1 saturated carbocycles. The molecular formula is C22H29N6+. The Labute approximate surface area is 166 Å². The third kappa shape index (κ3) is 3.37. The van der Waals surface area contributed by atoms with Gasteiger partial charge in [0, 0.05) is 0 Å². The lowest BCUT2D eigenvalue weighted by Gasteiger charge is -2.36. The highest BCUT2D eigenvalue weighted by Gasteiger charge is 2.30. The lowest BCUT2D eigenvalue weighted by atomic mass is 10.1. The van der Waals surface area contributed by atoms with E-state index in [4.69, 9.17) is 0 Å². The van der Waals surface area contributed by atoms with Gasteiger partial charge in [-0.3, -0.25) is 0 Å². The highest BCUT2D eigenvalue weighted by atomic mass is 15.3. The van der Waals surface area contributed by atoms with Crippen LogP contribution in [0.1, 0.15) is 36.8 Å². The van der Waals surface area contributed by atoms with Crippen LogP contribution in [0, 0.1) is 6.92 Å². The molecule has 5 rings (SSSR count). The van der Waals surface area contributed by atoms with E-state index in [2.05, 4.69) is 51.2 Å². The molecule has 6 nitrogen and oxygen atoms in total. The van der Waals surface area contributed by atoms with Gasteiger partial charge in [0.2, 0.25) is 0 Å². The Morgan fingerprint density at radius 3 is 2.54 bits per heavy atom. The molecule has 0 atom stereocenters. The summed E-state index contributed by atoms with van der Waals surface area (Å²) in [5, 5.41) is 5.70. The van der Waals surface area contributed by atoms with Crippen LogP contribution in [0.25, 0.3) is 11.0 Å². The number of rotatable bonds is 4. The number of piperazine rings is 1. The van der Waals surface area contributed by atoms with Gasteiger partial charge in [0.05, 0.1) is 50.3 Å². The van der Waals surface area contributed by atoms with Gasteiger partial charge in [-0.25, -0.2) is 14.6 Å². The summed E-state index contributed by atoms with van der Waals surface area (Å²) in [5.41, 5.74) is 3.44. The van der Waals surface area contributed by atoms with Crippen LogP contribution in [-0.4, -0.2) is 52.0 Å². The summed E-state index contributed by atoms with van der Waals surface area (Å²) >= 11 is 0. The SMILES string of the molecule is Cc1ccc(Cn2ncc3c(N4CC[NH+](C5CCCC5)CC4)ncnc32)cc1. The summed E-state index contributed by atoms with van der Waals surface area (Å²) in [5.74, 6) is 1.05. The minimum Gasteiger partial charge on any atom is -0.345 e. The largest absolute Gasteiger partial charge is 0.345 e. The monoisotopic (exact) mass is 377 g/mol. The van der Waals surface area contributed by atoms with Crippen molar-refractivity contribution in [1.82, 2.24) is 19.7 Å². The summed E-state index contributed by atoms with van der Waals surface area (Å²) in [6, 6.07) is 9.51. The van der Waals surface area contributed by atoms with Gasteiger partial charge in [0.1, 0.15) is 12.1 Å². The molecule has 2 fully saturated rings. The summed E-state index contributed by atoms with van der Waals surface area (Å²) in [6.45, 7) is 7.42. The number of aromatic nitrogens is 4. The third-order valence-corrected chi connectivity index (χ3v) is 6.50. The Kier molecular flexibility index (Phi) is 4.72. The first-order chi connectivity index (χ1) is 13.8. The molecule has 28 heavy (non-hydrogen) atoms. The molecule has 2 aliphatic rings. The zero-order valence-corrected chi connectivity index (χ0v) is 16.6. The second-order valence-electron chi connectivity index (χ2n) is 8.35. The zero-order chi connectivity index (χ0) is 18.9. The fourth-order valence-electron chi connectivity index (χ4n) is 4.86. The minimum atomic E-state index is 0.736. The Morgan fingerprint density at radius 2 is 1.79 bits per heavy atom. The number of anilines is 1. The van der Waals surface area contributed by atoms with E-state index >= 15 is 0 Å². The molecular weight excluding hydrogens is 348 g/mol. The number of benzene rings is 1. The molecule has 0 bridgehead atoms. The number of aryl methyl sites for hydroxylation is 1. The topological polar surface area (TPSA) is 51.3 Å². The summed E-state index contributed by atoms with van der Waals surface area (Å²) in [7, 11) is 0. The molecule has 1 saturated heterocycles. The highest BCUT2D eigenvalue weighted by Crippen LogP contribution is 2.23. The van der Waals surface area contributed by atoms with E-state index in [1.807, 2.05) is 10.9 Å². The van der Waals surface area contributed by atoms with Gasteiger partial charge in [0.15, 0.2) is 5.65 Å². The molecule has 0 unspecified atom stereocenters. The molecule has 0 spiro atoms. The van der Waals surface area contributed by atoms with E-state index < -0.39 is 0 Å². The smallest absolute Gasteiger partial charge is 0.163 e. The van der Waals surface area contributed by atoms with Crippen LogP contribution >= 0.6 is 0 Å². The Balaban J connectivity index is 1.34. The Bertz CT molecular complexity index is 933. The van der Waals surface area contributed by atoms with Crippen LogP contribution in [0.2, 0.25) is 0 Å². The Morgan fingerprint density at radius 1 is 1.04 bits per heavy atom. The fourth-order valence-corrected chi connectivity index (χ4v) is 4.86. The Hall–Kier alpha value is -2.47. The van der Waals surface area contributed by atoms with Crippen LogP contribution < -0.4 is 9.80 Å². The molecule has 2 aromatic heterocycles. The van der Waals surface area contributed by atoms with E-state index in [9.17, 15) is 0 Å². The molecule has 1 aliphatic heterocycles. The minimum absolute atomic E-state index is 0.736. The van der Waals surface area contributed by atoms with Crippen molar-refractivity contribution in [3.63, 3.8) is 0 Å². The van der Waals surface area contributed by atoms with Crippen molar-refractivity contribution in [2.24, 2.45) is 0 Å². The van der Waals surface area contributed by atoms with Crippen LogP contribution in [-0.2, 0) is 6.54 Å². The molecule has 6 heteroatoms. The second kappa shape index (κ2) is 7.51. The van der Waals surface area contributed by atoms with Crippen LogP contribution in [0.3, 0.4) is 0 Å². The van der Waals surface area contributed by atoms with Gasteiger partial charge in [-0.1, -0.05) is 29.8 Å². The van der Waals surface area contributed by atoms with E-state index in [0.29, 0.717) is 0 Å². The normalized spacial score (nSPS) is 19.0. The predicted octanol–water partition coefficient (Wildman–Crippen LogP) is 1.83. The van der Waals surface area contributed by atoms with Gasteiger partial charge < -0.3 is 9.80 Å². The van der Waals surface area contributed by atoms with E-state index in [-0.39, 0.29) is 0 Å². The molecule has 1 aliphatic carbocycles. The van der Waals surface area contributed by atoms with Gasteiger partial charge >= 0.3 is 0 Å². The van der Waals surface area contributed by atoms with Crippen molar-refractivity contribution in [1.29, 1.82) is 0 Å². The number of fused-ring (bicyclic) bond motifs is 1. The molecule has 0 amide bonds. The van der Waals surface area contributed by atoms with Crippen molar-refractivity contribution in [2.45, 2.75) is 45.2 Å².